The van der Waals surface area contributed by atoms with Gasteiger partial charge in [-0.1, -0.05) is 18.2 Å². The SMILES string of the molecule is Cn1c(=O)n2n(c1=O)[C@@H]1CC3=C(C(=O)C=C(Br)C3=O)[C@@H](c3ccc(O)cc3)C1=CC2. The highest BCUT2D eigenvalue weighted by atomic mass is 79.9. The van der Waals surface area contributed by atoms with Crippen LogP contribution in [0.3, 0.4) is 0 Å². The molecule has 0 spiro atoms. The molecule has 30 heavy (non-hydrogen) atoms. The van der Waals surface area contributed by atoms with Crippen LogP contribution in [-0.4, -0.2) is 30.6 Å². The fourth-order valence-electron chi connectivity index (χ4n) is 4.63. The number of fused-ring (bicyclic) bond motifs is 3. The summed E-state index contributed by atoms with van der Waals surface area (Å²) in [5, 5.41) is 9.70. The Morgan fingerprint density at radius 3 is 2.47 bits per heavy atom. The van der Waals surface area contributed by atoms with Crippen LogP contribution >= 0.6 is 15.9 Å². The minimum atomic E-state index is -0.562. The largest absolute Gasteiger partial charge is 0.508 e. The van der Waals surface area contributed by atoms with Gasteiger partial charge in [-0.3, -0.25) is 9.59 Å². The van der Waals surface area contributed by atoms with E-state index in [2.05, 4.69) is 15.9 Å². The number of aromatic nitrogens is 3. The normalized spacial score (nSPS) is 22.9. The molecule has 1 aliphatic heterocycles. The van der Waals surface area contributed by atoms with Crippen LogP contribution in [0.2, 0.25) is 0 Å². The summed E-state index contributed by atoms with van der Waals surface area (Å²) in [6.45, 7) is 0.194. The van der Waals surface area contributed by atoms with E-state index in [0.717, 1.165) is 15.7 Å². The van der Waals surface area contributed by atoms with Crippen molar-refractivity contribution in [2.75, 3.05) is 0 Å². The van der Waals surface area contributed by atoms with Gasteiger partial charge in [-0.25, -0.2) is 23.5 Å². The number of hydrogen-bond acceptors (Lipinski definition) is 5. The lowest BCUT2D eigenvalue weighted by Gasteiger charge is -2.39. The highest BCUT2D eigenvalue weighted by Gasteiger charge is 2.44. The van der Waals surface area contributed by atoms with Crippen LogP contribution < -0.4 is 11.4 Å². The van der Waals surface area contributed by atoms with Crippen molar-refractivity contribution in [3.8, 4) is 5.75 Å². The van der Waals surface area contributed by atoms with Gasteiger partial charge in [0.2, 0.25) is 0 Å². The van der Waals surface area contributed by atoms with E-state index in [1.54, 1.807) is 12.1 Å². The maximum Gasteiger partial charge on any atom is 0.347 e. The summed E-state index contributed by atoms with van der Waals surface area (Å²) in [6.07, 6.45) is 3.29. The quantitative estimate of drug-likeness (QED) is 0.502. The average molecular weight is 470 g/mol. The number of aromatic hydroxyl groups is 1. The van der Waals surface area contributed by atoms with Crippen molar-refractivity contribution in [3.05, 3.63) is 84.2 Å². The Morgan fingerprint density at radius 2 is 1.77 bits per heavy atom. The van der Waals surface area contributed by atoms with E-state index in [-0.39, 0.29) is 34.8 Å². The zero-order valence-electron chi connectivity index (χ0n) is 15.8. The Morgan fingerprint density at radius 1 is 1.07 bits per heavy atom. The van der Waals surface area contributed by atoms with E-state index in [9.17, 15) is 24.3 Å². The number of ketones is 2. The molecule has 2 heterocycles. The molecule has 152 valence electrons. The predicted octanol–water partition coefficient (Wildman–Crippen LogP) is 1.45. The number of phenols is 1. The van der Waals surface area contributed by atoms with Gasteiger partial charge in [-0.2, -0.15) is 0 Å². The minimum Gasteiger partial charge on any atom is -0.508 e. The van der Waals surface area contributed by atoms with Gasteiger partial charge in [0, 0.05) is 36.6 Å². The zero-order valence-corrected chi connectivity index (χ0v) is 17.4. The molecule has 9 heteroatoms. The van der Waals surface area contributed by atoms with Crippen LogP contribution in [0.15, 0.2) is 67.2 Å². The van der Waals surface area contributed by atoms with Crippen molar-refractivity contribution in [1.82, 2.24) is 13.9 Å². The lowest BCUT2D eigenvalue weighted by molar-refractivity contribution is -0.115. The number of halogens is 1. The second-order valence-electron chi connectivity index (χ2n) is 7.58. The number of carbonyl (C=O) groups is 2. The Hall–Kier alpha value is -3.20. The smallest absolute Gasteiger partial charge is 0.347 e. The van der Waals surface area contributed by atoms with Crippen molar-refractivity contribution < 1.29 is 14.7 Å². The van der Waals surface area contributed by atoms with Crippen LogP contribution in [0.5, 0.6) is 5.75 Å². The number of phenolic OH excluding ortho intramolecular Hbond substituents is 1. The van der Waals surface area contributed by atoms with Gasteiger partial charge in [0.25, 0.3) is 0 Å². The average Bonchev–Trinajstić information content (AvgIpc) is 2.95. The second-order valence-corrected chi connectivity index (χ2v) is 8.43. The van der Waals surface area contributed by atoms with Crippen LogP contribution in [0.4, 0.5) is 0 Å². The van der Waals surface area contributed by atoms with Gasteiger partial charge in [-0.05, 0) is 39.2 Å². The molecule has 1 aromatic carbocycles. The van der Waals surface area contributed by atoms with Crippen molar-refractivity contribution in [2.45, 2.75) is 24.9 Å². The zero-order chi connectivity index (χ0) is 21.3. The van der Waals surface area contributed by atoms with E-state index in [1.165, 1.54) is 34.6 Å². The van der Waals surface area contributed by atoms with Crippen LogP contribution in [0.1, 0.15) is 23.9 Å². The van der Waals surface area contributed by atoms with Gasteiger partial charge >= 0.3 is 11.4 Å². The lowest BCUT2D eigenvalue weighted by atomic mass is 9.69. The first-order valence-corrected chi connectivity index (χ1v) is 10.2. The molecular weight excluding hydrogens is 454 g/mol. The maximum atomic E-state index is 13.0. The number of benzene rings is 1. The molecule has 0 unspecified atom stereocenters. The molecule has 2 aliphatic carbocycles. The molecule has 0 amide bonds. The molecule has 2 atom stereocenters. The first kappa shape index (κ1) is 18.8. The highest BCUT2D eigenvalue weighted by molar-refractivity contribution is 9.12. The van der Waals surface area contributed by atoms with Gasteiger partial charge in [-0.15, -0.1) is 0 Å². The molecule has 5 rings (SSSR count). The summed E-state index contributed by atoms with van der Waals surface area (Å²) in [4.78, 5) is 51.1. The van der Waals surface area contributed by atoms with E-state index in [4.69, 9.17) is 0 Å². The topological polar surface area (TPSA) is 103 Å². The van der Waals surface area contributed by atoms with Gasteiger partial charge in [0.15, 0.2) is 11.6 Å². The summed E-state index contributed by atoms with van der Waals surface area (Å²) in [7, 11) is 1.42. The van der Waals surface area contributed by atoms with E-state index in [0.29, 0.717) is 11.1 Å². The molecule has 1 aromatic heterocycles. The third-order valence-electron chi connectivity index (χ3n) is 6.02. The molecule has 8 nitrogen and oxygen atoms in total. The van der Waals surface area contributed by atoms with Crippen molar-refractivity contribution in [1.29, 1.82) is 0 Å². The molecular formula is C21H16BrN3O5. The fraction of sp³-hybridized carbons (Fsp3) is 0.238. The Balaban J connectivity index is 1.78. The Bertz CT molecular complexity index is 1350. The third-order valence-corrected chi connectivity index (χ3v) is 6.61. The second kappa shape index (κ2) is 6.40. The highest BCUT2D eigenvalue weighted by Crippen LogP contribution is 2.50. The van der Waals surface area contributed by atoms with Crippen LogP contribution in [0.25, 0.3) is 0 Å². The summed E-state index contributed by atoms with van der Waals surface area (Å²) in [5.41, 5.74) is 1.35. The molecule has 0 radical (unpaired) electrons. The summed E-state index contributed by atoms with van der Waals surface area (Å²) >= 11 is 3.17. The summed E-state index contributed by atoms with van der Waals surface area (Å²) < 4.78 is 3.96. The van der Waals surface area contributed by atoms with E-state index < -0.39 is 23.3 Å². The molecule has 0 fully saturated rings. The molecule has 3 aliphatic rings. The summed E-state index contributed by atoms with van der Waals surface area (Å²) in [5.74, 6) is -1.03. The van der Waals surface area contributed by atoms with E-state index in [1.807, 2.05) is 6.08 Å². The van der Waals surface area contributed by atoms with Gasteiger partial charge in [0.05, 0.1) is 17.1 Å². The van der Waals surface area contributed by atoms with Crippen LogP contribution in [-0.2, 0) is 23.2 Å². The monoisotopic (exact) mass is 469 g/mol. The van der Waals surface area contributed by atoms with Crippen molar-refractivity contribution in [3.63, 3.8) is 0 Å². The van der Waals surface area contributed by atoms with E-state index >= 15 is 0 Å². The Kier molecular flexibility index (Phi) is 4.01. The molecule has 0 saturated heterocycles. The number of Topliss-reactive ketones (excluding diaryl/α,β-unsaturated/α-hetero) is 1. The lowest BCUT2D eigenvalue weighted by Crippen LogP contribution is -2.40. The summed E-state index contributed by atoms with van der Waals surface area (Å²) in [6, 6.07) is 5.89. The fourth-order valence-corrected chi connectivity index (χ4v) is 5.08. The molecule has 0 bridgehead atoms. The van der Waals surface area contributed by atoms with Crippen LogP contribution in [0, 0.1) is 0 Å². The number of carbonyl (C=O) groups excluding carboxylic acids is 2. The number of nitrogens with zero attached hydrogens (tertiary/aromatic N) is 3. The van der Waals surface area contributed by atoms with Crippen molar-refractivity contribution in [2.24, 2.45) is 7.05 Å². The van der Waals surface area contributed by atoms with Crippen molar-refractivity contribution >= 4 is 27.5 Å². The van der Waals surface area contributed by atoms with Gasteiger partial charge < -0.3 is 5.11 Å². The number of hydrogen-bond donors (Lipinski definition) is 1. The Labute approximate surface area is 178 Å². The predicted molar refractivity (Wildman–Crippen MR) is 111 cm³/mol. The first-order chi connectivity index (χ1) is 14.3. The third kappa shape index (κ3) is 2.44. The molecule has 1 N–H and O–H groups in total. The minimum absolute atomic E-state index is 0.0831. The standard InChI is InChI=1S/C21H16BrN3O5/c1-23-20(29)24-7-6-12-15(25(24)21(23)30)8-13-18(16(27)9-14(22)19(13)28)17(12)10-2-4-11(26)5-3-10/h2-6,9,15,17,26H,7-8H2,1H3/t15-,17+/m1/s1. The number of rotatable bonds is 1. The number of allylic oxidation sites excluding steroid dienone is 6. The molecule has 2 aromatic rings. The molecule has 0 saturated carbocycles. The first-order valence-electron chi connectivity index (χ1n) is 9.36. The maximum absolute atomic E-state index is 13.0. The van der Waals surface area contributed by atoms with Gasteiger partial charge in [0.1, 0.15) is 5.75 Å².